The van der Waals surface area contributed by atoms with E-state index in [0.29, 0.717) is 6.42 Å². The van der Waals surface area contributed by atoms with Gasteiger partial charge in [0.15, 0.2) is 0 Å². The lowest BCUT2D eigenvalue weighted by Crippen LogP contribution is -2.04. The van der Waals surface area contributed by atoms with Crippen molar-refractivity contribution in [2.75, 3.05) is 0 Å². The van der Waals surface area contributed by atoms with Crippen molar-refractivity contribution in [2.45, 2.75) is 96.5 Å². The van der Waals surface area contributed by atoms with E-state index in [9.17, 15) is 9.90 Å². The quantitative estimate of drug-likeness (QED) is 0.327. The van der Waals surface area contributed by atoms with Crippen molar-refractivity contribution in [1.82, 2.24) is 0 Å². The molecule has 0 aromatic rings. The van der Waals surface area contributed by atoms with E-state index >= 15 is 0 Å². The lowest BCUT2D eigenvalue weighted by Gasteiger charge is -2.07. The van der Waals surface area contributed by atoms with E-state index < -0.39 is 5.97 Å². The highest BCUT2D eigenvalue weighted by Crippen LogP contribution is 2.10. The van der Waals surface area contributed by atoms with Gasteiger partial charge in [0.2, 0.25) is 0 Å². The summed E-state index contributed by atoms with van der Waals surface area (Å²) in [6.07, 6.45) is 17.6. The zero-order valence-corrected chi connectivity index (χ0v) is 13.7. The zero-order chi connectivity index (χ0) is 15.8. The van der Waals surface area contributed by atoms with Gasteiger partial charge in [-0.1, -0.05) is 51.2 Å². The molecule has 0 amide bonds. The van der Waals surface area contributed by atoms with Crippen LogP contribution in [0.15, 0.2) is 12.2 Å². The standard InChI is InChI=1S/C18H34O3/c1-2-14-17(19)15-12-10-8-6-4-3-5-7-9-11-13-16-18(20)21/h4,6,17,19H,2-3,5,7-16H2,1H3,(H,20,21). The van der Waals surface area contributed by atoms with Crippen LogP contribution in [0.25, 0.3) is 0 Å². The van der Waals surface area contributed by atoms with Gasteiger partial charge in [-0.2, -0.15) is 0 Å². The van der Waals surface area contributed by atoms with Gasteiger partial charge in [0, 0.05) is 6.42 Å². The molecule has 0 heterocycles. The van der Waals surface area contributed by atoms with Gasteiger partial charge in [0.05, 0.1) is 6.10 Å². The van der Waals surface area contributed by atoms with Crippen molar-refractivity contribution in [3.63, 3.8) is 0 Å². The van der Waals surface area contributed by atoms with E-state index in [4.69, 9.17) is 5.11 Å². The van der Waals surface area contributed by atoms with Crippen LogP contribution in [0.5, 0.6) is 0 Å². The molecule has 0 spiro atoms. The average Bonchev–Trinajstić information content (AvgIpc) is 2.44. The molecule has 124 valence electrons. The van der Waals surface area contributed by atoms with Crippen molar-refractivity contribution >= 4 is 5.97 Å². The van der Waals surface area contributed by atoms with Crippen molar-refractivity contribution in [3.05, 3.63) is 12.2 Å². The number of aliphatic hydroxyl groups is 1. The predicted octanol–water partition coefficient (Wildman–Crippen LogP) is 5.08. The molecule has 1 atom stereocenters. The largest absolute Gasteiger partial charge is 0.481 e. The predicted molar refractivity (Wildman–Crippen MR) is 88.5 cm³/mol. The van der Waals surface area contributed by atoms with Crippen LogP contribution in [0.4, 0.5) is 0 Å². The monoisotopic (exact) mass is 298 g/mol. The van der Waals surface area contributed by atoms with Gasteiger partial charge in [-0.15, -0.1) is 0 Å². The Morgan fingerprint density at radius 3 is 2.10 bits per heavy atom. The Labute approximate surface area is 130 Å². The highest BCUT2D eigenvalue weighted by Gasteiger charge is 2.00. The first kappa shape index (κ1) is 20.2. The SMILES string of the molecule is CCCC(O)CCCCC=CCCCCCCCC(=O)O. The summed E-state index contributed by atoms with van der Waals surface area (Å²) in [6.45, 7) is 2.11. The van der Waals surface area contributed by atoms with Crippen molar-refractivity contribution in [1.29, 1.82) is 0 Å². The van der Waals surface area contributed by atoms with E-state index in [2.05, 4.69) is 19.1 Å². The van der Waals surface area contributed by atoms with Gasteiger partial charge in [-0.3, -0.25) is 4.79 Å². The van der Waals surface area contributed by atoms with Gasteiger partial charge >= 0.3 is 5.97 Å². The first-order chi connectivity index (χ1) is 10.2. The molecule has 1 unspecified atom stereocenters. The number of aliphatic carboxylic acids is 1. The maximum absolute atomic E-state index is 10.3. The van der Waals surface area contributed by atoms with E-state index in [1.54, 1.807) is 0 Å². The first-order valence-electron chi connectivity index (χ1n) is 8.71. The second kappa shape index (κ2) is 15.6. The van der Waals surface area contributed by atoms with E-state index in [0.717, 1.165) is 57.8 Å². The van der Waals surface area contributed by atoms with Gasteiger partial charge in [-0.25, -0.2) is 0 Å². The molecule has 0 saturated carbocycles. The molecule has 0 fully saturated rings. The van der Waals surface area contributed by atoms with Crippen LogP contribution in [-0.4, -0.2) is 22.3 Å². The Morgan fingerprint density at radius 1 is 0.905 bits per heavy atom. The molecule has 0 radical (unpaired) electrons. The third-order valence-electron chi connectivity index (χ3n) is 3.71. The summed E-state index contributed by atoms with van der Waals surface area (Å²) in [5, 5.41) is 18.1. The fourth-order valence-corrected chi connectivity index (χ4v) is 2.42. The Kier molecular flexibility index (Phi) is 14.9. The van der Waals surface area contributed by atoms with Crippen LogP contribution < -0.4 is 0 Å². The van der Waals surface area contributed by atoms with Gasteiger partial charge in [-0.05, 0) is 44.9 Å². The number of aliphatic hydroxyl groups excluding tert-OH is 1. The Balaban J connectivity index is 3.17. The van der Waals surface area contributed by atoms with Gasteiger partial charge < -0.3 is 10.2 Å². The molecule has 3 nitrogen and oxygen atoms in total. The summed E-state index contributed by atoms with van der Waals surface area (Å²) in [7, 11) is 0. The number of rotatable bonds is 15. The van der Waals surface area contributed by atoms with E-state index in [1.807, 2.05) is 0 Å². The lowest BCUT2D eigenvalue weighted by molar-refractivity contribution is -0.137. The van der Waals surface area contributed by atoms with Crippen LogP contribution in [0.1, 0.15) is 90.4 Å². The number of hydrogen-bond acceptors (Lipinski definition) is 2. The van der Waals surface area contributed by atoms with Crippen LogP contribution in [0.2, 0.25) is 0 Å². The van der Waals surface area contributed by atoms with Crippen molar-refractivity contribution in [3.8, 4) is 0 Å². The molecule has 3 heteroatoms. The van der Waals surface area contributed by atoms with Crippen molar-refractivity contribution < 1.29 is 15.0 Å². The normalized spacial score (nSPS) is 12.9. The second-order valence-corrected chi connectivity index (χ2v) is 5.90. The summed E-state index contributed by atoms with van der Waals surface area (Å²) in [4.78, 5) is 10.3. The smallest absolute Gasteiger partial charge is 0.303 e. The molecule has 0 rings (SSSR count). The molecule has 0 aromatic heterocycles. The summed E-state index contributed by atoms with van der Waals surface area (Å²) >= 11 is 0. The molecule has 0 aliphatic heterocycles. The number of allylic oxidation sites excluding steroid dienone is 2. The third-order valence-corrected chi connectivity index (χ3v) is 3.71. The summed E-state index contributed by atoms with van der Waals surface area (Å²) in [6, 6.07) is 0. The Morgan fingerprint density at radius 2 is 1.48 bits per heavy atom. The van der Waals surface area contributed by atoms with Crippen LogP contribution in [-0.2, 0) is 4.79 Å². The summed E-state index contributed by atoms with van der Waals surface area (Å²) < 4.78 is 0. The fraction of sp³-hybridized carbons (Fsp3) is 0.833. The highest BCUT2D eigenvalue weighted by atomic mass is 16.4. The van der Waals surface area contributed by atoms with Gasteiger partial charge in [0.25, 0.3) is 0 Å². The minimum atomic E-state index is -0.680. The van der Waals surface area contributed by atoms with Crippen LogP contribution in [0, 0.1) is 0 Å². The molecule has 21 heavy (non-hydrogen) atoms. The van der Waals surface area contributed by atoms with E-state index in [-0.39, 0.29) is 6.10 Å². The Bertz CT molecular complexity index is 261. The van der Waals surface area contributed by atoms with Gasteiger partial charge in [0.1, 0.15) is 0 Å². The molecule has 0 bridgehead atoms. The number of unbranched alkanes of at least 4 members (excludes halogenated alkanes) is 7. The minimum absolute atomic E-state index is 0.0971. The maximum Gasteiger partial charge on any atom is 0.303 e. The molecular formula is C18H34O3. The average molecular weight is 298 g/mol. The highest BCUT2D eigenvalue weighted by molar-refractivity contribution is 5.66. The summed E-state index contributed by atoms with van der Waals surface area (Å²) in [5.41, 5.74) is 0. The van der Waals surface area contributed by atoms with Crippen LogP contribution in [0.3, 0.4) is 0 Å². The number of carbonyl (C=O) groups is 1. The number of hydrogen-bond donors (Lipinski definition) is 2. The molecule has 0 aromatic carbocycles. The topological polar surface area (TPSA) is 57.5 Å². The molecule has 2 N–H and O–H groups in total. The molecule has 0 saturated heterocycles. The number of carboxylic acids is 1. The van der Waals surface area contributed by atoms with Crippen molar-refractivity contribution in [2.24, 2.45) is 0 Å². The number of carboxylic acid groups (broad SMARTS) is 1. The van der Waals surface area contributed by atoms with Crippen LogP contribution >= 0.6 is 0 Å². The molecule has 0 aliphatic carbocycles. The second-order valence-electron chi connectivity index (χ2n) is 5.90. The lowest BCUT2D eigenvalue weighted by atomic mass is 10.1. The fourth-order valence-electron chi connectivity index (χ4n) is 2.42. The molecular weight excluding hydrogens is 264 g/mol. The van der Waals surface area contributed by atoms with E-state index in [1.165, 1.54) is 19.3 Å². The third kappa shape index (κ3) is 17.1. The maximum atomic E-state index is 10.3. The zero-order valence-electron chi connectivity index (χ0n) is 13.7. The minimum Gasteiger partial charge on any atom is -0.481 e. The molecule has 0 aliphatic rings. The Hall–Kier alpha value is -0.830. The first-order valence-corrected chi connectivity index (χ1v) is 8.71. The summed E-state index contributed by atoms with van der Waals surface area (Å²) in [5.74, 6) is -0.680.